The molecule has 50 heavy (non-hydrogen) atoms. The second-order valence-corrected chi connectivity index (χ2v) is 16.3. The number of alkyl halides is 2. The Hall–Kier alpha value is -3.09. The van der Waals surface area contributed by atoms with E-state index in [4.69, 9.17) is 9.47 Å². The third-order valence-corrected chi connectivity index (χ3v) is 11.8. The van der Waals surface area contributed by atoms with Gasteiger partial charge in [-0.2, -0.15) is 17.4 Å². The molecule has 17 heteroatoms. The molecule has 0 radical (unpaired) electrons. The van der Waals surface area contributed by atoms with Crippen molar-refractivity contribution in [2.24, 2.45) is 5.41 Å². The Morgan fingerprint density at radius 3 is 2.52 bits per heavy atom. The van der Waals surface area contributed by atoms with Crippen molar-refractivity contribution in [2.45, 2.75) is 76.7 Å². The SMILES string of the molecule is CC(C)N(CC(F)F)C(=O)c1cc(F)ccc1Oc1cncnc1N1CC2(CCN(C[C@@]3(C)CC[C@@H](NS(=O)(=O)N4CC(O)C4)CO3)CC2)C1. The predicted molar refractivity (Wildman–Crippen MR) is 178 cm³/mol. The minimum atomic E-state index is -3.63. The van der Waals surface area contributed by atoms with Crippen molar-refractivity contribution in [1.82, 2.24) is 28.8 Å². The van der Waals surface area contributed by atoms with Gasteiger partial charge in [0.25, 0.3) is 22.5 Å². The minimum absolute atomic E-state index is 0.0223. The van der Waals surface area contributed by atoms with Crippen LogP contribution >= 0.6 is 0 Å². The Kier molecular flexibility index (Phi) is 10.6. The van der Waals surface area contributed by atoms with Gasteiger partial charge in [0.15, 0.2) is 11.6 Å². The van der Waals surface area contributed by atoms with Crippen molar-refractivity contribution < 1.29 is 41.0 Å². The van der Waals surface area contributed by atoms with Gasteiger partial charge in [-0.3, -0.25) is 4.79 Å². The summed E-state index contributed by atoms with van der Waals surface area (Å²) in [6, 6.07) is 2.60. The van der Waals surface area contributed by atoms with Gasteiger partial charge in [0.1, 0.15) is 17.9 Å². The van der Waals surface area contributed by atoms with Gasteiger partial charge in [0.05, 0.1) is 36.6 Å². The average Bonchev–Trinajstić information content (AvgIpc) is 3.03. The molecule has 4 saturated heterocycles. The molecule has 4 fully saturated rings. The van der Waals surface area contributed by atoms with Crippen molar-refractivity contribution in [1.29, 1.82) is 0 Å². The average molecular weight is 726 g/mol. The molecule has 2 atom stereocenters. The molecule has 1 aromatic carbocycles. The maximum atomic E-state index is 14.3. The first-order valence-corrected chi connectivity index (χ1v) is 18.5. The summed E-state index contributed by atoms with van der Waals surface area (Å²) in [5.74, 6) is -0.626. The van der Waals surface area contributed by atoms with E-state index in [0.29, 0.717) is 18.8 Å². The first-order valence-electron chi connectivity index (χ1n) is 17.1. The molecule has 2 N–H and O–H groups in total. The molecule has 5 heterocycles. The third kappa shape index (κ3) is 8.18. The molecule has 0 saturated carbocycles. The fourth-order valence-electron chi connectivity index (χ4n) is 7.27. The fourth-order valence-corrected chi connectivity index (χ4v) is 8.76. The lowest BCUT2D eigenvalue weighted by Gasteiger charge is -2.55. The number of carbonyl (C=O) groups is 1. The van der Waals surface area contributed by atoms with E-state index in [1.54, 1.807) is 13.8 Å². The van der Waals surface area contributed by atoms with Crippen LogP contribution in [0, 0.1) is 11.2 Å². The molecular weight excluding hydrogens is 679 g/mol. The summed E-state index contributed by atoms with van der Waals surface area (Å²) in [6.45, 7) is 9.05. The maximum absolute atomic E-state index is 14.3. The molecular formula is C33H46F3N7O6S. The molecule has 4 aliphatic heterocycles. The van der Waals surface area contributed by atoms with Crippen molar-refractivity contribution in [3.8, 4) is 11.5 Å². The number of carbonyl (C=O) groups excluding carboxylic acids is 1. The lowest BCUT2D eigenvalue weighted by Crippen LogP contribution is -2.62. The van der Waals surface area contributed by atoms with E-state index >= 15 is 0 Å². The summed E-state index contributed by atoms with van der Waals surface area (Å²) in [4.78, 5) is 27.3. The number of ether oxygens (including phenoxy) is 2. The topological polar surface area (TPSA) is 141 Å². The molecule has 1 spiro atoms. The number of aromatic nitrogens is 2. The van der Waals surface area contributed by atoms with Crippen LogP contribution in [0.1, 0.15) is 56.8 Å². The number of aliphatic hydroxyl groups is 1. The number of halogens is 3. The first kappa shape index (κ1) is 36.7. The number of rotatable bonds is 12. The van der Waals surface area contributed by atoms with E-state index in [1.165, 1.54) is 22.9 Å². The molecule has 2 aromatic rings. The van der Waals surface area contributed by atoms with Gasteiger partial charge in [0, 0.05) is 50.2 Å². The molecule has 4 aliphatic rings. The molecule has 1 amide bonds. The van der Waals surface area contributed by atoms with Crippen LogP contribution in [0.2, 0.25) is 0 Å². The van der Waals surface area contributed by atoms with Gasteiger partial charge >= 0.3 is 0 Å². The number of benzene rings is 1. The van der Waals surface area contributed by atoms with E-state index in [9.17, 15) is 31.5 Å². The Balaban J connectivity index is 1.02. The van der Waals surface area contributed by atoms with E-state index < -0.39 is 47.0 Å². The summed E-state index contributed by atoms with van der Waals surface area (Å²) in [6.07, 6.45) is 2.86. The zero-order chi connectivity index (χ0) is 35.8. The van der Waals surface area contributed by atoms with Gasteiger partial charge in [-0.25, -0.2) is 23.1 Å². The molecule has 0 bridgehead atoms. The third-order valence-electron chi connectivity index (χ3n) is 10.2. The predicted octanol–water partition coefficient (Wildman–Crippen LogP) is 2.87. The Bertz CT molecular complexity index is 1620. The summed E-state index contributed by atoms with van der Waals surface area (Å²) >= 11 is 0. The number of β-amino-alcohol motifs (C(OH)–C–C–N with tert-alkyl or cyclic N) is 1. The van der Waals surface area contributed by atoms with E-state index in [1.807, 2.05) is 0 Å². The number of nitrogens with one attached hydrogen (secondary N) is 1. The Morgan fingerprint density at radius 2 is 1.90 bits per heavy atom. The van der Waals surface area contributed by atoms with Gasteiger partial charge in [-0.15, -0.1) is 0 Å². The highest BCUT2D eigenvalue weighted by Crippen LogP contribution is 2.45. The molecule has 6 rings (SSSR count). The summed E-state index contributed by atoms with van der Waals surface area (Å²) < 4.78 is 82.2. The fraction of sp³-hybridized carbons (Fsp3) is 0.667. The summed E-state index contributed by atoms with van der Waals surface area (Å²) in [5.41, 5.74) is -0.462. The highest BCUT2D eigenvalue weighted by Gasteiger charge is 2.47. The second-order valence-electron chi connectivity index (χ2n) is 14.6. The van der Waals surface area contributed by atoms with Crippen LogP contribution < -0.4 is 14.4 Å². The number of piperidine rings is 1. The standard InChI is InChI=1S/C33H46F3N7O6S/c1-22(2)43(16-29(35)36)31(45)26-12-23(34)4-5-27(26)49-28-13-37-21-38-30(28)41-19-33(20-41)8-10-40(11-9-33)18-32(3)7-6-24(17-48-32)39-50(46,47)42-14-25(44)15-42/h4-5,12-13,21-22,24-25,29,39,44H,6-11,14-20H2,1-3H3/t24-,32-/m1/s1. The van der Waals surface area contributed by atoms with Crippen molar-refractivity contribution >= 4 is 21.9 Å². The van der Waals surface area contributed by atoms with Crippen LogP contribution in [0.4, 0.5) is 19.0 Å². The number of amides is 1. The Morgan fingerprint density at radius 1 is 1.18 bits per heavy atom. The lowest BCUT2D eigenvalue weighted by molar-refractivity contribution is -0.0981. The normalized spacial score (nSPS) is 24.7. The number of aliphatic hydroxyl groups excluding tert-OH is 1. The van der Waals surface area contributed by atoms with E-state index in [2.05, 4.69) is 31.4 Å². The molecule has 1 aromatic heterocycles. The zero-order valence-corrected chi connectivity index (χ0v) is 29.4. The van der Waals surface area contributed by atoms with Crippen molar-refractivity contribution in [3.05, 3.63) is 42.1 Å². The van der Waals surface area contributed by atoms with Crippen LogP contribution in [0.5, 0.6) is 11.5 Å². The van der Waals surface area contributed by atoms with Crippen LogP contribution in [0.3, 0.4) is 0 Å². The van der Waals surface area contributed by atoms with Crippen LogP contribution in [0.25, 0.3) is 0 Å². The van der Waals surface area contributed by atoms with Crippen molar-refractivity contribution in [3.63, 3.8) is 0 Å². The quantitative estimate of drug-likeness (QED) is 0.336. The first-order chi connectivity index (χ1) is 23.6. The van der Waals surface area contributed by atoms with Gasteiger partial charge in [-0.05, 0) is 77.7 Å². The maximum Gasteiger partial charge on any atom is 0.279 e. The van der Waals surface area contributed by atoms with Gasteiger partial charge in [0.2, 0.25) is 0 Å². The number of hydrogen-bond acceptors (Lipinski definition) is 10. The second kappa shape index (κ2) is 14.5. The number of likely N-dealkylation sites (tertiary alicyclic amines) is 1. The number of anilines is 1. The molecule has 0 unspecified atom stereocenters. The number of hydrogen-bond donors (Lipinski definition) is 2. The molecule has 276 valence electrons. The minimum Gasteiger partial charge on any atom is -0.451 e. The highest BCUT2D eigenvalue weighted by molar-refractivity contribution is 7.87. The highest BCUT2D eigenvalue weighted by atomic mass is 32.2. The smallest absolute Gasteiger partial charge is 0.279 e. The zero-order valence-electron chi connectivity index (χ0n) is 28.6. The summed E-state index contributed by atoms with van der Waals surface area (Å²) in [5, 5.41) is 9.45. The van der Waals surface area contributed by atoms with Crippen molar-refractivity contribution in [2.75, 3.05) is 63.9 Å². The summed E-state index contributed by atoms with van der Waals surface area (Å²) in [7, 11) is -3.63. The van der Waals surface area contributed by atoms with Crippen LogP contribution in [-0.4, -0.2) is 133 Å². The van der Waals surface area contributed by atoms with Crippen LogP contribution in [-0.2, 0) is 14.9 Å². The van der Waals surface area contributed by atoms with E-state index in [-0.39, 0.29) is 47.2 Å². The number of nitrogens with zero attached hydrogens (tertiary/aromatic N) is 6. The van der Waals surface area contributed by atoms with Gasteiger partial charge in [-0.1, -0.05) is 0 Å². The lowest BCUT2D eigenvalue weighted by atomic mass is 9.71. The van der Waals surface area contributed by atoms with Crippen LogP contribution in [0.15, 0.2) is 30.7 Å². The monoisotopic (exact) mass is 725 g/mol. The molecule has 0 aliphatic carbocycles. The Labute approximate surface area is 290 Å². The van der Waals surface area contributed by atoms with Gasteiger partial charge < -0.3 is 29.3 Å². The largest absolute Gasteiger partial charge is 0.451 e. The molecule has 13 nitrogen and oxygen atoms in total. The van der Waals surface area contributed by atoms with E-state index in [0.717, 1.165) is 69.0 Å².